The molecule has 0 atom stereocenters. The molecule has 1 aliphatic heterocycles. The molecule has 5 nitrogen and oxygen atoms in total. The summed E-state index contributed by atoms with van der Waals surface area (Å²) in [6.45, 7) is 1.34. The number of halogens is 1. The van der Waals surface area contributed by atoms with Crippen LogP contribution in [-0.2, 0) is 4.74 Å². The SMILES string of the molecule is O=C(NC1(CBr)CCOCC1)c1ccon1. The number of carbonyl (C=O) groups excluding carboxylic acids is 1. The Labute approximate surface area is 102 Å². The van der Waals surface area contributed by atoms with Crippen molar-refractivity contribution in [1.82, 2.24) is 10.5 Å². The topological polar surface area (TPSA) is 64.4 Å². The molecule has 0 spiro atoms. The first kappa shape index (κ1) is 11.6. The van der Waals surface area contributed by atoms with Gasteiger partial charge in [-0.25, -0.2) is 0 Å². The number of hydrogen-bond acceptors (Lipinski definition) is 4. The van der Waals surface area contributed by atoms with E-state index in [4.69, 9.17) is 4.74 Å². The van der Waals surface area contributed by atoms with E-state index in [-0.39, 0.29) is 11.4 Å². The van der Waals surface area contributed by atoms with Crippen LogP contribution in [0.4, 0.5) is 0 Å². The molecule has 0 aromatic carbocycles. The Morgan fingerprint density at radius 2 is 2.31 bits per heavy atom. The largest absolute Gasteiger partial charge is 0.381 e. The molecule has 1 aliphatic rings. The maximum Gasteiger partial charge on any atom is 0.273 e. The highest BCUT2D eigenvalue weighted by atomic mass is 79.9. The Morgan fingerprint density at radius 3 is 2.88 bits per heavy atom. The van der Waals surface area contributed by atoms with Crippen molar-refractivity contribution in [3.8, 4) is 0 Å². The van der Waals surface area contributed by atoms with Gasteiger partial charge in [0.2, 0.25) is 0 Å². The Bertz CT molecular complexity index is 347. The molecule has 0 radical (unpaired) electrons. The quantitative estimate of drug-likeness (QED) is 0.853. The van der Waals surface area contributed by atoms with Crippen molar-refractivity contribution >= 4 is 21.8 Å². The maximum atomic E-state index is 11.8. The lowest BCUT2D eigenvalue weighted by Gasteiger charge is -2.36. The van der Waals surface area contributed by atoms with E-state index in [0.717, 1.165) is 12.8 Å². The predicted octanol–water partition coefficient (Wildman–Crippen LogP) is 1.35. The van der Waals surface area contributed by atoms with Crippen molar-refractivity contribution in [1.29, 1.82) is 0 Å². The Kier molecular flexibility index (Phi) is 3.60. The van der Waals surface area contributed by atoms with Crippen LogP contribution in [0.5, 0.6) is 0 Å². The average molecular weight is 289 g/mol. The van der Waals surface area contributed by atoms with Gasteiger partial charge in [-0.15, -0.1) is 0 Å². The highest BCUT2D eigenvalue weighted by Crippen LogP contribution is 2.23. The van der Waals surface area contributed by atoms with E-state index in [9.17, 15) is 4.79 Å². The molecule has 1 aromatic heterocycles. The third-order valence-corrected chi connectivity index (χ3v) is 3.83. The van der Waals surface area contributed by atoms with Crippen molar-refractivity contribution in [3.05, 3.63) is 18.0 Å². The van der Waals surface area contributed by atoms with E-state index in [2.05, 4.69) is 30.9 Å². The molecule has 1 amide bonds. The molecule has 6 heteroatoms. The highest BCUT2D eigenvalue weighted by Gasteiger charge is 2.33. The fraction of sp³-hybridized carbons (Fsp3) is 0.600. The summed E-state index contributed by atoms with van der Waals surface area (Å²) in [5.74, 6) is -0.199. The predicted molar refractivity (Wildman–Crippen MR) is 60.5 cm³/mol. The van der Waals surface area contributed by atoms with E-state index < -0.39 is 0 Å². The van der Waals surface area contributed by atoms with Gasteiger partial charge in [-0.1, -0.05) is 21.1 Å². The second-order valence-electron chi connectivity index (χ2n) is 3.87. The van der Waals surface area contributed by atoms with Gasteiger partial charge in [0, 0.05) is 24.6 Å². The fourth-order valence-corrected chi connectivity index (χ4v) is 2.39. The van der Waals surface area contributed by atoms with E-state index in [0.29, 0.717) is 24.2 Å². The standard InChI is InChI=1S/C10H13BrN2O3/c11-7-10(2-5-15-6-3-10)12-9(14)8-1-4-16-13-8/h1,4H,2-3,5-7H2,(H,12,14). The van der Waals surface area contributed by atoms with Crippen molar-refractivity contribution in [3.63, 3.8) is 0 Å². The van der Waals surface area contributed by atoms with Crippen LogP contribution in [0.2, 0.25) is 0 Å². The third kappa shape index (κ3) is 2.44. The molecule has 16 heavy (non-hydrogen) atoms. The number of nitrogens with zero attached hydrogens (tertiary/aromatic N) is 1. The van der Waals surface area contributed by atoms with Crippen LogP contribution in [0.1, 0.15) is 23.3 Å². The average Bonchev–Trinajstić information content (AvgIpc) is 2.84. The summed E-state index contributed by atoms with van der Waals surface area (Å²) in [6.07, 6.45) is 3.00. The first-order chi connectivity index (χ1) is 7.76. The molecule has 0 saturated carbocycles. The Morgan fingerprint density at radius 1 is 1.56 bits per heavy atom. The second kappa shape index (κ2) is 4.97. The molecule has 0 unspecified atom stereocenters. The van der Waals surface area contributed by atoms with Gasteiger partial charge in [-0.05, 0) is 12.8 Å². The van der Waals surface area contributed by atoms with Crippen molar-refractivity contribution in [2.75, 3.05) is 18.5 Å². The number of aromatic nitrogens is 1. The first-order valence-corrected chi connectivity index (χ1v) is 6.24. The fourth-order valence-electron chi connectivity index (χ4n) is 1.69. The van der Waals surface area contributed by atoms with Gasteiger partial charge in [-0.3, -0.25) is 4.79 Å². The van der Waals surface area contributed by atoms with Crippen molar-refractivity contribution in [2.45, 2.75) is 18.4 Å². The minimum atomic E-state index is -0.228. The zero-order valence-corrected chi connectivity index (χ0v) is 10.3. The highest BCUT2D eigenvalue weighted by molar-refractivity contribution is 9.09. The van der Waals surface area contributed by atoms with Crippen LogP contribution in [-0.4, -0.2) is 35.1 Å². The summed E-state index contributed by atoms with van der Waals surface area (Å²) >= 11 is 3.45. The lowest BCUT2D eigenvalue weighted by molar-refractivity contribution is 0.0439. The van der Waals surface area contributed by atoms with Gasteiger partial charge in [-0.2, -0.15) is 0 Å². The van der Waals surface area contributed by atoms with Gasteiger partial charge in [0.25, 0.3) is 5.91 Å². The maximum absolute atomic E-state index is 11.8. The Balaban J connectivity index is 2.03. The van der Waals surface area contributed by atoms with Crippen LogP contribution in [0.25, 0.3) is 0 Å². The van der Waals surface area contributed by atoms with Crippen LogP contribution >= 0.6 is 15.9 Å². The lowest BCUT2D eigenvalue weighted by atomic mass is 9.92. The number of alkyl halides is 1. The summed E-state index contributed by atoms with van der Waals surface area (Å²) < 4.78 is 9.94. The summed E-state index contributed by atoms with van der Waals surface area (Å²) in [5.41, 5.74) is 0.0840. The molecule has 1 fully saturated rings. The minimum absolute atomic E-state index is 0.199. The zero-order chi connectivity index (χ0) is 11.4. The molecule has 1 aromatic rings. The molecular weight excluding hydrogens is 276 g/mol. The number of hydrogen-bond donors (Lipinski definition) is 1. The third-order valence-electron chi connectivity index (χ3n) is 2.75. The summed E-state index contributed by atoms with van der Waals surface area (Å²) in [5, 5.41) is 7.32. The molecule has 0 aliphatic carbocycles. The second-order valence-corrected chi connectivity index (χ2v) is 4.43. The summed E-state index contributed by atoms with van der Waals surface area (Å²) in [7, 11) is 0. The number of ether oxygens (including phenoxy) is 1. The smallest absolute Gasteiger partial charge is 0.273 e. The van der Waals surface area contributed by atoms with Crippen LogP contribution < -0.4 is 5.32 Å². The molecule has 1 saturated heterocycles. The molecule has 88 valence electrons. The molecule has 2 heterocycles. The summed E-state index contributed by atoms with van der Waals surface area (Å²) in [6, 6.07) is 1.55. The minimum Gasteiger partial charge on any atom is -0.381 e. The molecule has 1 N–H and O–H groups in total. The Hall–Kier alpha value is -0.880. The van der Waals surface area contributed by atoms with E-state index >= 15 is 0 Å². The van der Waals surface area contributed by atoms with Gasteiger partial charge in [0.1, 0.15) is 6.26 Å². The number of carbonyl (C=O) groups is 1. The first-order valence-electron chi connectivity index (χ1n) is 5.12. The van der Waals surface area contributed by atoms with E-state index in [1.807, 2.05) is 0 Å². The molecule has 0 bridgehead atoms. The van der Waals surface area contributed by atoms with Gasteiger partial charge in [0.15, 0.2) is 5.69 Å². The van der Waals surface area contributed by atoms with Crippen LogP contribution in [0.3, 0.4) is 0 Å². The van der Waals surface area contributed by atoms with Crippen molar-refractivity contribution in [2.24, 2.45) is 0 Å². The van der Waals surface area contributed by atoms with Gasteiger partial charge in [0.05, 0.1) is 5.54 Å². The zero-order valence-electron chi connectivity index (χ0n) is 8.74. The van der Waals surface area contributed by atoms with E-state index in [1.54, 1.807) is 6.07 Å². The van der Waals surface area contributed by atoms with Gasteiger partial charge < -0.3 is 14.6 Å². The van der Waals surface area contributed by atoms with Crippen LogP contribution in [0.15, 0.2) is 16.9 Å². The van der Waals surface area contributed by atoms with Crippen molar-refractivity contribution < 1.29 is 14.1 Å². The van der Waals surface area contributed by atoms with Gasteiger partial charge >= 0.3 is 0 Å². The normalized spacial score (nSPS) is 19.3. The van der Waals surface area contributed by atoms with E-state index in [1.165, 1.54) is 6.26 Å². The number of nitrogens with one attached hydrogen (secondary N) is 1. The number of rotatable bonds is 3. The number of amides is 1. The molecule has 2 rings (SSSR count). The van der Waals surface area contributed by atoms with Crippen LogP contribution in [0, 0.1) is 0 Å². The summed E-state index contributed by atoms with van der Waals surface area (Å²) in [4.78, 5) is 11.8. The monoisotopic (exact) mass is 288 g/mol. The lowest BCUT2D eigenvalue weighted by Crippen LogP contribution is -2.53. The molecular formula is C10H13BrN2O3.